The van der Waals surface area contributed by atoms with Gasteiger partial charge in [-0.1, -0.05) is 25.4 Å². The summed E-state index contributed by atoms with van der Waals surface area (Å²) in [5.74, 6) is -0.481. The molecule has 0 aromatic heterocycles. The third kappa shape index (κ3) is 4.55. The van der Waals surface area contributed by atoms with E-state index in [1.807, 2.05) is 20.8 Å². The molecule has 2 N–H and O–H groups in total. The minimum atomic E-state index is -0.990. The summed E-state index contributed by atoms with van der Waals surface area (Å²) < 4.78 is 5.44. The molecule has 1 aromatic rings. The molecular weight excluding hydrogens is 254 g/mol. The van der Waals surface area contributed by atoms with Crippen molar-refractivity contribution in [3.8, 4) is 5.75 Å². The van der Waals surface area contributed by atoms with E-state index in [1.165, 1.54) is 0 Å². The Labute approximate surface area is 112 Å². The van der Waals surface area contributed by atoms with Crippen molar-refractivity contribution < 1.29 is 14.6 Å². The number of aliphatic carboxylic acids is 1. The molecule has 0 radical (unpaired) electrons. The number of carbonyl (C=O) groups is 1. The highest BCUT2D eigenvalue weighted by Crippen LogP contribution is 2.21. The summed E-state index contributed by atoms with van der Waals surface area (Å²) in [7, 11) is 0. The predicted octanol–water partition coefficient (Wildman–Crippen LogP) is 2.48. The van der Waals surface area contributed by atoms with E-state index in [4.69, 9.17) is 21.4 Å². The van der Waals surface area contributed by atoms with Gasteiger partial charge < -0.3 is 15.2 Å². The van der Waals surface area contributed by atoms with Crippen LogP contribution in [0.25, 0.3) is 0 Å². The smallest absolute Gasteiger partial charge is 0.346 e. The number of aryl methyl sites for hydroxylation is 1. The summed E-state index contributed by atoms with van der Waals surface area (Å²) in [4.78, 5) is 11.1. The fourth-order valence-corrected chi connectivity index (χ4v) is 1.49. The van der Waals surface area contributed by atoms with Crippen LogP contribution in [0.1, 0.15) is 19.4 Å². The molecule has 0 saturated carbocycles. The average molecular weight is 272 g/mol. The quantitative estimate of drug-likeness (QED) is 0.835. The number of hydrogen-bond acceptors (Lipinski definition) is 3. The molecule has 0 aliphatic carbocycles. The monoisotopic (exact) mass is 271 g/mol. The van der Waals surface area contributed by atoms with Crippen LogP contribution in [-0.4, -0.2) is 29.8 Å². The third-order valence-corrected chi connectivity index (χ3v) is 2.82. The molecule has 4 nitrogen and oxygen atoms in total. The van der Waals surface area contributed by atoms with Gasteiger partial charge >= 0.3 is 5.97 Å². The van der Waals surface area contributed by atoms with E-state index in [9.17, 15) is 4.79 Å². The van der Waals surface area contributed by atoms with E-state index >= 15 is 0 Å². The number of halogens is 1. The van der Waals surface area contributed by atoms with Gasteiger partial charge in [-0.15, -0.1) is 0 Å². The Hall–Kier alpha value is -1.26. The normalized spacial score (nSPS) is 12.5. The first-order valence-corrected chi connectivity index (χ1v) is 6.17. The van der Waals surface area contributed by atoms with Crippen molar-refractivity contribution >= 4 is 17.6 Å². The van der Waals surface area contributed by atoms with Crippen LogP contribution in [0, 0.1) is 6.92 Å². The molecule has 0 aliphatic rings. The zero-order chi connectivity index (χ0) is 13.7. The van der Waals surface area contributed by atoms with Crippen LogP contribution in [0.15, 0.2) is 18.2 Å². The molecule has 0 amide bonds. The fraction of sp³-hybridized carbons (Fsp3) is 0.462. The van der Waals surface area contributed by atoms with E-state index < -0.39 is 12.1 Å². The molecule has 1 unspecified atom stereocenters. The Morgan fingerprint density at radius 2 is 2.17 bits per heavy atom. The first kappa shape index (κ1) is 14.8. The van der Waals surface area contributed by atoms with Crippen molar-refractivity contribution in [3.05, 3.63) is 28.8 Å². The summed E-state index contributed by atoms with van der Waals surface area (Å²) in [6, 6.07) is 5.30. The second-order valence-electron chi connectivity index (χ2n) is 4.42. The van der Waals surface area contributed by atoms with Crippen LogP contribution in [0.3, 0.4) is 0 Å². The molecule has 0 bridgehead atoms. The van der Waals surface area contributed by atoms with Gasteiger partial charge in [-0.2, -0.15) is 0 Å². The van der Waals surface area contributed by atoms with Crippen LogP contribution in [0.2, 0.25) is 5.02 Å². The number of rotatable bonds is 6. The molecular formula is C13H18ClNO3. The lowest BCUT2D eigenvalue weighted by atomic mass is 10.2. The SMILES string of the molecule is Cc1cc(OC(CNC(C)C)C(=O)O)ccc1Cl. The Kier molecular flexibility index (Phi) is 5.44. The predicted molar refractivity (Wildman–Crippen MR) is 71.4 cm³/mol. The van der Waals surface area contributed by atoms with Crippen molar-refractivity contribution in [2.24, 2.45) is 0 Å². The van der Waals surface area contributed by atoms with E-state index in [2.05, 4.69) is 5.32 Å². The maximum Gasteiger partial charge on any atom is 0.346 e. The summed E-state index contributed by atoms with van der Waals surface area (Å²) in [5, 5.41) is 12.8. The van der Waals surface area contributed by atoms with Gasteiger partial charge in [0.2, 0.25) is 6.10 Å². The average Bonchev–Trinajstić information content (AvgIpc) is 2.28. The maximum absolute atomic E-state index is 11.1. The molecule has 1 aromatic carbocycles. The molecule has 0 aliphatic heterocycles. The molecule has 100 valence electrons. The summed E-state index contributed by atoms with van der Waals surface area (Å²) in [6.07, 6.45) is -0.909. The lowest BCUT2D eigenvalue weighted by Gasteiger charge is -2.17. The molecule has 0 fully saturated rings. The maximum atomic E-state index is 11.1. The van der Waals surface area contributed by atoms with E-state index in [-0.39, 0.29) is 12.6 Å². The van der Waals surface area contributed by atoms with Crippen molar-refractivity contribution in [2.75, 3.05) is 6.54 Å². The first-order valence-electron chi connectivity index (χ1n) is 5.79. The highest BCUT2D eigenvalue weighted by molar-refractivity contribution is 6.31. The number of ether oxygens (including phenoxy) is 1. The van der Waals surface area contributed by atoms with E-state index in [0.29, 0.717) is 10.8 Å². The molecule has 0 heterocycles. The standard InChI is InChI=1S/C13H18ClNO3/c1-8(2)15-7-12(13(16)17)18-10-4-5-11(14)9(3)6-10/h4-6,8,12,15H,7H2,1-3H3,(H,16,17). The second kappa shape index (κ2) is 6.61. The second-order valence-corrected chi connectivity index (χ2v) is 4.83. The number of carboxylic acid groups (broad SMARTS) is 1. The van der Waals surface area contributed by atoms with Gasteiger partial charge in [0, 0.05) is 17.6 Å². The zero-order valence-electron chi connectivity index (χ0n) is 10.7. The van der Waals surface area contributed by atoms with Crippen molar-refractivity contribution in [2.45, 2.75) is 32.9 Å². The topological polar surface area (TPSA) is 58.6 Å². The van der Waals surface area contributed by atoms with Crippen LogP contribution >= 0.6 is 11.6 Å². The van der Waals surface area contributed by atoms with Crippen molar-refractivity contribution in [1.82, 2.24) is 5.32 Å². The van der Waals surface area contributed by atoms with Gasteiger partial charge in [0.05, 0.1) is 0 Å². The summed E-state index contributed by atoms with van der Waals surface area (Å²) >= 11 is 5.90. The Morgan fingerprint density at radius 1 is 1.50 bits per heavy atom. The molecule has 5 heteroatoms. The molecule has 18 heavy (non-hydrogen) atoms. The molecule has 0 saturated heterocycles. The van der Waals surface area contributed by atoms with Gasteiger partial charge in [-0.25, -0.2) is 4.79 Å². The minimum Gasteiger partial charge on any atom is -0.478 e. The number of hydrogen-bond donors (Lipinski definition) is 2. The minimum absolute atomic E-state index is 0.211. The number of nitrogens with one attached hydrogen (secondary N) is 1. The van der Waals surface area contributed by atoms with Crippen molar-refractivity contribution in [3.63, 3.8) is 0 Å². The van der Waals surface area contributed by atoms with Gasteiger partial charge in [-0.3, -0.25) is 0 Å². The summed E-state index contributed by atoms with van der Waals surface area (Å²) in [6.45, 7) is 6.00. The van der Waals surface area contributed by atoms with Crippen LogP contribution in [-0.2, 0) is 4.79 Å². The van der Waals surface area contributed by atoms with Crippen molar-refractivity contribution in [1.29, 1.82) is 0 Å². The highest BCUT2D eigenvalue weighted by atomic mass is 35.5. The van der Waals surface area contributed by atoms with E-state index in [0.717, 1.165) is 5.56 Å². The number of carboxylic acids is 1. The van der Waals surface area contributed by atoms with Gasteiger partial charge in [0.25, 0.3) is 0 Å². The first-order chi connectivity index (χ1) is 8.40. The summed E-state index contributed by atoms with van der Waals surface area (Å²) in [5.41, 5.74) is 0.857. The third-order valence-electron chi connectivity index (χ3n) is 2.39. The van der Waals surface area contributed by atoms with Gasteiger partial charge in [0.15, 0.2) is 0 Å². The van der Waals surface area contributed by atoms with Crippen LogP contribution in [0.4, 0.5) is 0 Å². The number of benzene rings is 1. The van der Waals surface area contributed by atoms with E-state index in [1.54, 1.807) is 18.2 Å². The highest BCUT2D eigenvalue weighted by Gasteiger charge is 2.19. The Balaban J connectivity index is 2.70. The molecule has 1 rings (SSSR count). The largest absolute Gasteiger partial charge is 0.478 e. The lowest BCUT2D eigenvalue weighted by Crippen LogP contribution is -2.40. The Morgan fingerprint density at radius 3 is 2.67 bits per heavy atom. The molecule has 0 spiro atoms. The Bertz CT molecular complexity index is 421. The zero-order valence-corrected chi connectivity index (χ0v) is 11.5. The lowest BCUT2D eigenvalue weighted by molar-refractivity contribution is -0.144. The van der Waals surface area contributed by atoms with Crippen LogP contribution in [0.5, 0.6) is 5.75 Å². The fourth-order valence-electron chi connectivity index (χ4n) is 1.38. The van der Waals surface area contributed by atoms with Gasteiger partial charge in [-0.05, 0) is 30.7 Å². The van der Waals surface area contributed by atoms with Gasteiger partial charge in [0.1, 0.15) is 5.75 Å². The van der Waals surface area contributed by atoms with Crippen LogP contribution < -0.4 is 10.1 Å². The molecule has 1 atom stereocenters.